The Bertz CT molecular complexity index is 1030. The third-order valence-corrected chi connectivity index (χ3v) is 4.68. The van der Waals surface area contributed by atoms with Crippen molar-refractivity contribution >= 4 is 63.5 Å². The lowest BCUT2D eigenvalue weighted by Gasteiger charge is -2.12. The molecule has 29 heavy (non-hydrogen) atoms. The van der Waals surface area contributed by atoms with Crippen molar-refractivity contribution in [2.45, 2.75) is 0 Å². The number of thiocarbonyl (C=S) groups is 1. The number of carbonyl (C=O) groups excluding carboxylic acids is 1. The van der Waals surface area contributed by atoms with Crippen molar-refractivity contribution in [2.75, 3.05) is 23.1 Å². The highest BCUT2D eigenvalue weighted by atomic mass is 35.5. The second kappa shape index (κ2) is 9.60. The molecule has 3 rings (SSSR count). The number of ether oxygens (including phenoxy) is 1. The van der Waals surface area contributed by atoms with E-state index in [1.54, 1.807) is 73.8 Å². The van der Waals surface area contributed by atoms with Gasteiger partial charge in [-0.2, -0.15) is 0 Å². The minimum atomic E-state index is -0.213. The number of carbonyl (C=O) groups is 1. The maximum absolute atomic E-state index is 12.4. The lowest BCUT2D eigenvalue weighted by molar-refractivity contribution is 0.102. The molecule has 1 amide bonds. The number of halogens is 2. The summed E-state index contributed by atoms with van der Waals surface area (Å²) in [6.07, 6.45) is 0. The van der Waals surface area contributed by atoms with E-state index >= 15 is 0 Å². The average molecular weight is 446 g/mol. The van der Waals surface area contributed by atoms with Crippen LogP contribution in [0, 0.1) is 0 Å². The predicted molar refractivity (Wildman–Crippen MR) is 124 cm³/mol. The van der Waals surface area contributed by atoms with Gasteiger partial charge in [-0.25, -0.2) is 0 Å². The molecule has 5 nitrogen and oxygen atoms in total. The van der Waals surface area contributed by atoms with Crippen LogP contribution < -0.4 is 20.7 Å². The van der Waals surface area contributed by atoms with Crippen LogP contribution in [-0.4, -0.2) is 18.1 Å². The third-order valence-electron chi connectivity index (χ3n) is 3.93. The quantitative estimate of drug-likeness (QED) is 0.416. The van der Waals surface area contributed by atoms with Gasteiger partial charge in [-0.05, 0) is 78.9 Å². The SMILES string of the molecule is COc1ccc(NC(=O)c2ccc(NC(=S)Nc3ccc(Cl)cc3Cl)cc2)cc1. The van der Waals surface area contributed by atoms with Crippen LogP contribution >= 0.6 is 35.4 Å². The smallest absolute Gasteiger partial charge is 0.255 e. The summed E-state index contributed by atoms with van der Waals surface area (Å²) in [6, 6.07) is 19.1. The zero-order valence-corrected chi connectivity index (χ0v) is 17.7. The van der Waals surface area contributed by atoms with Gasteiger partial charge >= 0.3 is 0 Å². The van der Waals surface area contributed by atoms with E-state index < -0.39 is 0 Å². The van der Waals surface area contributed by atoms with Gasteiger partial charge in [0.1, 0.15) is 5.75 Å². The standard InChI is InChI=1S/C21H17Cl2N3O2S/c1-28-17-9-7-15(8-10-17)24-20(27)13-2-5-16(6-3-13)25-21(29)26-19-11-4-14(22)12-18(19)23/h2-12H,1H3,(H,24,27)(H2,25,26,29). The molecule has 3 N–H and O–H groups in total. The molecule has 0 aliphatic heterocycles. The fourth-order valence-electron chi connectivity index (χ4n) is 2.46. The summed E-state index contributed by atoms with van der Waals surface area (Å²) in [4.78, 5) is 12.4. The molecule has 0 saturated heterocycles. The number of rotatable bonds is 5. The van der Waals surface area contributed by atoms with Crippen LogP contribution in [-0.2, 0) is 0 Å². The molecule has 0 aliphatic carbocycles. The number of benzene rings is 3. The van der Waals surface area contributed by atoms with Gasteiger partial charge in [0.15, 0.2) is 5.11 Å². The monoisotopic (exact) mass is 445 g/mol. The van der Waals surface area contributed by atoms with Crippen LogP contribution in [0.25, 0.3) is 0 Å². The Morgan fingerprint density at radius 1 is 0.862 bits per heavy atom. The third kappa shape index (κ3) is 5.84. The lowest BCUT2D eigenvalue weighted by atomic mass is 10.2. The molecule has 0 aromatic heterocycles. The summed E-state index contributed by atoms with van der Waals surface area (Å²) < 4.78 is 5.10. The van der Waals surface area contributed by atoms with Gasteiger partial charge in [-0.3, -0.25) is 4.79 Å². The molecule has 0 atom stereocenters. The fourth-order valence-corrected chi connectivity index (χ4v) is 3.14. The van der Waals surface area contributed by atoms with Crippen molar-refractivity contribution in [2.24, 2.45) is 0 Å². The number of nitrogens with one attached hydrogen (secondary N) is 3. The fraction of sp³-hybridized carbons (Fsp3) is 0.0476. The zero-order chi connectivity index (χ0) is 20.8. The maximum Gasteiger partial charge on any atom is 0.255 e. The van der Waals surface area contributed by atoms with Crippen LogP contribution in [0.3, 0.4) is 0 Å². The minimum Gasteiger partial charge on any atom is -0.497 e. The van der Waals surface area contributed by atoms with Gasteiger partial charge in [0.25, 0.3) is 5.91 Å². The molecule has 0 unspecified atom stereocenters. The Morgan fingerprint density at radius 2 is 1.48 bits per heavy atom. The van der Waals surface area contributed by atoms with Crippen LogP contribution in [0.5, 0.6) is 5.75 Å². The molecule has 0 spiro atoms. The first-order chi connectivity index (χ1) is 13.9. The summed E-state index contributed by atoms with van der Waals surface area (Å²) in [7, 11) is 1.59. The second-order valence-corrected chi connectivity index (χ2v) is 7.22. The Balaban J connectivity index is 1.58. The van der Waals surface area contributed by atoms with E-state index in [1.807, 2.05) is 0 Å². The highest BCUT2D eigenvalue weighted by Crippen LogP contribution is 2.25. The van der Waals surface area contributed by atoms with E-state index in [4.69, 9.17) is 40.2 Å². The first-order valence-electron chi connectivity index (χ1n) is 8.53. The van der Waals surface area contributed by atoms with Crippen LogP contribution in [0.15, 0.2) is 66.7 Å². The van der Waals surface area contributed by atoms with Gasteiger partial charge in [-0.15, -0.1) is 0 Å². The highest BCUT2D eigenvalue weighted by molar-refractivity contribution is 7.80. The maximum atomic E-state index is 12.4. The number of amides is 1. The average Bonchev–Trinajstić information content (AvgIpc) is 2.71. The summed E-state index contributed by atoms with van der Waals surface area (Å²) in [5, 5.41) is 10.3. The van der Waals surface area contributed by atoms with Gasteiger partial charge in [0, 0.05) is 22.0 Å². The van der Waals surface area contributed by atoms with Crippen molar-refractivity contribution in [1.82, 2.24) is 0 Å². The first-order valence-corrected chi connectivity index (χ1v) is 9.69. The molecule has 148 valence electrons. The Morgan fingerprint density at radius 3 is 2.10 bits per heavy atom. The van der Waals surface area contributed by atoms with Crippen molar-refractivity contribution in [3.63, 3.8) is 0 Å². The van der Waals surface area contributed by atoms with Crippen molar-refractivity contribution in [3.05, 3.63) is 82.3 Å². The highest BCUT2D eigenvalue weighted by Gasteiger charge is 2.08. The summed E-state index contributed by atoms with van der Waals surface area (Å²) in [6.45, 7) is 0. The number of methoxy groups -OCH3 is 1. The predicted octanol–water partition coefficient (Wildman–Crippen LogP) is 6.06. The molecule has 0 heterocycles. The van der Waals surface area contributed by atoms with E-state index in [-0.39, 0.29) is 5.91 Å². The molecule has 0 aliphatic rings. The van der Waals surface area contributed by atoms with Gasteiger partial charge < -0.3 is 20.7 Å². The number of hydrogen-bond donors (Lipinski definition) is 3. The molecular formula is C21H17Cl2N3O2S. The molecule has 8 heteroatoms. The molecular weight excluding hydrogens is 429 g/mol. The van der Waals surface area contributed by atoms with Gasteiger partial charge in [0.05, 0.1) is 17.8 Å². The summed E-state index contributed by atoms with van der Waals surface area (Å²) >= 11 is 17.3. The van der Waals surface area contributed by atoms with Crippen molar-refractivity contribution in [3.8, 4) is 5.75 Å². The normalized spacial score (nSPS) is 10.2. The summed E-state index contributed by atoms with van der Waals surface area (Å²) in [5.74, 6) is 0.512. The zero-order valence-electron chi connectivity index (χ0n) is 15.3. The van der Waals surface area contributed by atoms with Crippen LogP contribution in [0.1, 0.15) is 10.4 Å². The molecule has 0 radical (unpaired) electrons. The molecule has 3 aromatic carbocycles. The van der Waals surface area contributed by atoms with Gasteiger partial charge in [0.2, 0.25) is 0 Å². The topological polar surface area (TPSA) is 62.4 Å². The van der Waals surface area contributed by atoms with E-state index in [0.717, 1.165) is 11.4 Å². The van der Waals surface area contributed by atoms with Crippen molar-refractivity contribution < 1.29 is 9.53 Å². The van der Waals surface area contributed by atoms with Crippen molar-refractivity contribution in [1.29, 1.82) is 0 Å². The minimum absolute atomic E-state index is 0.213. The number of hydrogen-bond acceptors (Lipinski definition) is 3. The lowest BCUT2D eigenvalue weighted by Crippen LogP contribution is -2.19. The first kappa shape index (κ1) is 20.9. The summed E-state index contributed by atoms with van der Waals surface area (Å²) in [5.41, 5.74) is 2.58. The molecule has 0 bridgehead atoms. The van der Waals surface area contributed by atoms with Crippen LogP contribution in [0.4, 0.5) is 17.1 Å². The van der Waals surface area contributed by atoms with E-state index in [9.17, 15) is 4.79 Å². The van der Waals surface area contributed by atoms with Crippen LogP contribution in [0.2, 0.25) is 10.0 Å². The Hall–Kier alpha value is -2.80. The van der Waals surface area contributed by atoms with Gasteiger partial charge in [-0.1, -0.05) is 23.2 Å². The molecule has 0 fully saturated rings. The largest absolute Gasteiger partial charge is 0.497 e. The van der Waals surface area contributed by atoms with E-state index in [1.165, 1.54) is 0 Å². The Kier molecular flexibility index (Phi) is 6.93. The van der Waals surface area contributed by atoms with E-state index in [2.05, 4.69) is 16.0 Å². The Labute approximate surface area is 184 Å². The van der Waals surface area contributed by atoms with E-state index in [0.29, 0.717) is 32.1 Å². The molecule has 3 aromatic rings. The second-order valence-electron chi connectivity index (χ2n) is 5.96. The number of anilines is 3. The molecule has 0 saturated carbocycles.